The summed E-state index contributed by atoms with van der Waals surface area (Å²) >= 11 is 1.25. The normalized spacial score (nSPS) is 15.6. The number of anilines is 1. The largest absolute Gasteiger partial charge is 0.493 e. The minimum Gasteiger partial charge on any atom is -0.493 e. The minimum absolute atomic E-state index is 0.0687. The number of hydrogen-bond acceptors (Lipinski definition) is 7. The number of carbonyl (C=O) groups is 3. The summed E-state index contributed by atoms with van der Waals surface area (Å²) in [5.74, 6) is 0.0406. The van der Waals surface area contributed by atoms with E-state index in [-0.39, 0.29) is 17.0 Å². The van der Waals surface area contributed by atoms with Crippen LogP contribution in [-0.4, -0.2) is 46.6 Å². The monoisotopic (exact) mass is 469 g/mol. The van der Waals surface area contributed by atoms with Gasteiger partial charge in [-0.2, -0.15) is 5.10 Å². The van der Waals surface area contributed by atoms with Crippen LogP contribution in [-0.2, 0) is 16.1 Å². The van der Waals surface area contributed by atoms with E-state index in [0.29, 0.717) is 23.8 Å². The topological polar surface area (TPSA) is 97.3 Å². The maximum atomic E-state index is 12.7. The Balaban J connectivity index is 1.85. The van der Waals surface area contributed by atoms with E-state index in [0.717, 1.165) is 23.3 Å². The summed E-state index contributed by atoms with van der Waals surface area (Å²) in [6, 6.07) is 12.6. The van der Waals surface area contributed by atoms with Crippen molar-refractivity contribution < 1.29 is 23.9 Å². The Morgan fingerprint density at radius 3 is 2.45 bits per heavy atom. The predicted molar refractivity (Wildman–Crippen MR) is 129 cm³/mol. The van der Waals surface area contributed by atoms with Gasteiger partial charge in [-0.15, -0.1) is 0 Å². The number of benzene rings is 2. The number of amides is 2. The molecule has 0 aromatic heterocycles. The van der Waals surface area contributed by atoms with Crippen LogP contribution in [0.15, 0.2) is 47.6 Å². The molecule has 0 fully saturated rings. The fourth-order valence-electron chi connectivity index (χ4n) is 3.28. The van der Waals surface area contributed by atoms with Crippen molar-refractivity contribution in [2.24, 2.45) is 5.10 Å². The van der Waals surface area contributed by atoms with Crippen molar-refractivity contribution in [3.63, 3.8) is 0 Å². The molecule has 1 N–H and O–H groups in total. The number of methoxy groups -OCH3 is 1. The van der Waals surface area contributed by atoms with Gasteiger partial charge in [-0.1, -0.05) is 30.8 Å². The van der Waals surface area contributed by atoms with E-state index in [9.17, 15) is 14.4 Å². The average Bonchev–Trinajstić information content (AvgIpc) is 2.81. The van der Waals surface area contributed by atoms with Crippen LogP contribution < -0.4 is 14.8 Å². The Morgan fingerprint density at radius 2 is 1.85 bits per heavy atom. The lowest BCUT2D eigenvalue weighted by Crippen LogP contribution is -2.34. The van der Waals surface area contributed by atoms with Crippen LogP contribution >= 0.6 is 11.8 Å². The minimum atomic E-state index is -0.670. The predicted octanol–water partition coefficient (Wildman–Crippen LogP) is 4.47. The van der Waals surface area contributed by atoms with Gasteiger partial charge in [-0.3, -0.25) is 14.4 Å². The van der Waals surface area contributed by atoms with Crippen LogP contribution in [0.25, 0.3) is 0 Å². The first-order valence-electron chi connectivity index (χ1n) is 10.6. The summed E-state index contributed by atoms with van der Waals surface area (Å²) in [5.41, 5.74) is 3.03. The number of Topliss-reactive ketones (excluding diaryl/α,β-unsaturated/α-hetero) is 1. The van der Waals surface area contributed by atoms with Gasteiger partial charge in [0.15, 0.2) is 11.5 Å². The average molecular weight is 470 g/mol. The second-order valence-electron chi connectivity index (χ2n) is 7.33. The molecule has 33 heavy (non-hydrogen) atoms. The molecule has 2 amide bonds. The fourth-order valence-corrected chi connectivity index (χ4v) is 4.22. The molecular formula is C24H27N3O5S. The molecule has 1 heterocycles. The highest BCUT2D eigenvalue weighted by atomic mass is 32.2. The van der Waals surface area contributed by atoms with Crippen LogP contribution in [0.5, 0.6) is 11.5 Å². The van der Waals surface area contributed by atoms with E-state index in [1.165, 1.54) is 23.7 Å². The second-order valence-corrected chi connectivity index (χ2v) is 8.48. The molecule has 174 valence electrons. The van der Waals surface area contributed by atoms with Crippen molar-refractivity contribution in [3.8, 4) is 11.5 Å². The van der Waals surface area contributed by atoms with Gasteiger partial charge in [0, 0.05) is 18.2 Å². The Kier molecular flexibility index (Phi) is 8.11. The van der Waals surface area contributed by atoms with Crippen molar-refractivity contribution in [1.82, 2.24) is 5.01 Å². The zero-order chi connectivity index (χ0) is 24.0. The van der Waals surface area contributed by atoms with Gasteiger partial charge in [0.25, 0.3) is 5.91 Å². The standard InChI is InChI=1S/C24H27N3O5S/c1-5-21-22(17-9-12-19(31-4)20(13-17)32-6-2)26-27(24(30)33-21)14-16-7-10-18(11-8-16)25-23(29)15(3)28/h7-13,21H,5-6,14H2,1-4H3,(H,25,29). The third-order valence-electron chi connectivity index (χ3n) is 4.98. The van der Waals surface area contributed by atoms with E-state index in [1.807, 2.05) is 32.0 Å². The number of nitrogens with one attached hydrogen (secondary N) is 1. The van der Waals surface area contributed by atoms with Gasteiger partial charge in [-0.25, -0.2) is 5.01 Å². The zero-order valence-electron chi connectivity index (χ0n) is 19.1. The van der Waals surface area contributed by atoms with E-state index < -0.39 is 11.7 Å². The van der Waals surface area contributed by atoms with Gasteiger partial charge >= 0.3 is 5.24 Å². The van der Waals surface area contributed by atoms with E-state index in [4.69, 9.17) is 14.6 Å². The Labute approximate surface area is 197 Å². The summed E-state index contributed by atoms with van der Waals surface area (Å²) < 4.78 is 11.1. The summed E-state index contributed by atoms with van der Waals surface area (Å²) in [6.45, 7) is 5.93. The third-order valence-corrected chi connectivity index (χ3v) is 6.23. The molecule has 0 aliphatic carbocycles. The van der Waals surface area contributed by atoms with Crippen LogP contribution in [0.1, 0.15) is 38.3 Å². The Morgan fingerprint density at radius 1 is 1.12 bits per heavy atom. The Bertz CT molecular complexity index is 1070. The van der Waals surface area contributed by atoms with Crippen LogP contribution in [0, 0.1) is 0 Å². The highest BCUT2D eigenvalue weighted by Gasteiger charge is 2.30. The van der Waals surface area contributed by atoms with Crippen molar-refractivity contribution in [2.75, 3.05) is 19.0 Å². The lowest BCUT2D eigenvalue weighted by Gasteiger charge is -2.28. The number of rotatable bonds is 9. The van der Waals surface area contributed by atoms with Crippen molar-refractivity contribution >= 4 is 40.1 Å². The van der Waals surface area contributed by atoms with Crippen molar-refractivity contribution in [2.45, 2.75) is 39.0 Å². The molecule has 1 atom stereocenters. The summed E-state index contributed by atoms with van der Waals surface area (Å²) in [4.78, 5) is 35.4. The third kappa shape index (κ3) is 5.92. The number of hydrogen-bond donors (Lipinski definition) is 1. The molecule has 3 rings (SSSR count). The van der Waals surface area contributed by atoms with Crippen LogP contribution in [0.2, 0.25) is 0 Å². The first-order chi connectivity index (χ1) is 15.9. The van der Waals surface area contributed by atoms with Gasteiger partial charge < -0.3 is 14.8 Å². The highest BCUT2D eigenvalue weighted by molar-refractivity contribution is 8.14. The Hall–Kier alpha value is -3.33. The smallest absolute Gasteiger partial charge is 0.302 e. The SMILES string of the molecule is CCOc1cc(C2=NN(Cc3ccc(NC(=O)C(C)=O)cc3)C(=O)SC2CC)ccc1OC. The highest BCUT2D eigenvalue weighted by Crippen LogP contribution is 2.34. The quantitative estimate of drug-likeness (QED) is 0.544. The lowest BCUT2D eigenvalue weighted by atomic mass is 10.0. The molecular weight excluding hydrogens is 442 g/mol. The van der Waals surface area contributed by atoms with Gasteiger partial charge in [0.05, 0.1) is 31.2 Å². The van der Waals surface area contributed by atoms with E-state index >= 15 is 0 Å². The molecule has 1 aliphatic heterocycles. The maximum absolute atomic E-state index is 12.7. The number of thioether (sulfide) groups is 1. The van der Waals surface area contributed by atoms with Gasteiger partial charge in [-0.05, 0) is 49.2 Å². The van der Waals surface area contributed by atoms with Crippen LogP contribution in [0.4, 0.5) is 10.5 Å². The van der Waals surface area contributed by atoms with Gasteiger partial charge in [0.2, 0.25) is 5.78 Å². The fraction of sp³-hybridized carbons (Fsp3) is 0.333. The lowest BCUT2D eigenvalue weighted by molar-refractivity contribution is -0.133. The molecule has 1 unspecified atom stereocenters. The number of carbonyl (C=O) groups excluding carboxylic acids is 3. The molecule has 0 spiro atoms. The molecule has 0 bridgehead atoms. The second kappa shape index (κ2) is 11.0. The summed E-state index contributed by atoms with van der Waals surface area (Å²) in [6.07, 6.45) is 0.754. The van der Waals surface area contributed by atoms with Crippen molar-refractivity contribution in [1.29, 1.82) is 0 Å². The molecule has 0 saturated carbocycles. The number of ketones is 1. The molecule has 2 aromatic carbocycles. The number of hydrazone groups is 1. The van der Waals surface area contributed by atoms with Gasteiger partial charge in [0.1, 0.15) is 0 Å². The number of nitrogens with zero attached hydrogens (tertiary/aromatic N) is 2. The molecule has 2 aromatic rings. The molecule has 0 saturated heterocycles. The zero-order valence-corrected chi connectivity index (χ0v) is 19.9. The van der Waals surface area contributed by atoms with Crippen molar-refractivity contribution in [3.05, 3.63) is 53.6 Å². The first kappa shape index (κ1) is 24.3. The summed E-state index contributed by atoms with van der Waals surface area (Å²) in [5, 5.41) is 8.47. The van der Waals surface area contributed by atoms with E-state index in [1.54, 1.807) is 31.4 Å². The number of ether oxygens (including phenoxy) is 2. The summed E-state index contributed by atoms with van der Waals surface area (Å²) in [7, 11) is 1.59. The molecule has 1 aliphatic rings. The molecule has 0 radical (unpaired) electrons. The first-order valence-corrected chi connectivity index (χ1v) is 11.5. The maximum Gasteiger partial charge on any atom is 0.302 e. The van der Waals surface area contributed by atoms with Crippen LogP contribution in [0.3, 0.4) is 0 Å². The molecule has 9 heteroatoms. The van der Waals surface area contributed by atoms with E-state index in [2.05, 4.69) is 5.32 Å². The molecule has 8 nitrogen and oxygen atoms in total.